The molecule has 0 unspecified atom stereocenters. The van der Waals surface area contributed by atoms with E-state index in [1.807, 2.05) is 0 Å². The quantitative estimate of drug-likeness (QED) is 0.834. The fourth-order valence-corrected chi connectivity index (χ4v) is 2.92. The van der Waals surface area contributed by atoms with Crippen molar-refractivity contribution in [3.8, 4) is 0 Å². The van der Waals surface area contributed by atoms with E-state index in [9.17, 15) is 13.2 Å². The molecule has 7 heteroatoms. The van der Waals surface area contributed by atoms with Crippen molar-refractivity contribution >= 4 is 33.2 Å². The van der Waals surface area contributed by atoms with Gasteiger partial charge >= 0.3 is 0 Å². The van der Waals surface area contributed by atoms with Gasteiger partial charge in [-0.25, -0.2) is 13.1 Å². The molecule has 0 aliphatic carbocycles. The molecule has 1 aromatic carbocycles. The first-order valence-electron chi connectivity index (χ1n) is 5.42. The lowest BCUT2D eigenvalue weighted by Crippen LogP contribution is -2.29. The topological polar surface area (TPSA) is 66.5 Å². The summed E-state index contributed by atoms with van der Waals surface area (Å²) in [5, 5.41) is 0. The Morgan fingerprint density at radius 3 is 2.83 bits per heavy atom. The van der Waals surface area contributed by atoms with E-state index in [2.05, 4.69) is 4.72 Å². The van der Waals surface area contributed by atoms with Crippen LogP contribution in [0.5, 0.6) is 0 Å². The number of anilines is 1. The second-order valence-electron chi connectivity index (χ2n) is 3.93. The lowest BCUT2D eigenvalue weighted by atomic mass is 10.2. The molecule has 0 aromatic heterocycles. The van der Waals surface area contributed by atoms with Crippen LogP contribution in [0.1, 0.15) is 5.56 Å². The zero-order valence-electron chi connectivity index (χ0n) is 9.81. The summed E-state index contributed by atoms with van der Waals surface area (Å²) in [6.45, 7) is 0.546. The Morgan fingerprint density at radius 1 is 1.50 bits per heavy atom. The minimum atomic E-state index is -3.44. The average molecular weight is 289 g/mol. The number of amides is 1. The van der Waals surface area contributed by atoms with E-state index in [-0.39, 0.29) is 16.7 Å². The summed E-state index contributed by atoms with van der Waals surface area (Å²) in [5.74, 6) is -0.240. The van der Waals surface area contributed by atoms with Crippen molar-refractivity contribution < 1.29 is 13.2 Å². The van der Waals surface area contributed by atoms with Crippen molar-refractivity contribution in [3.63, 3.8) is 0 Å². The second kappa shape index (κ2) is 4.87. The molecule has 0 fully saturated rings. The molecular formula is C11H13ClN2O3S. The molecule has 98 valence electrons. The van der Waals surface area contributed by atoms with Crippen LogP contribution in [0.25, 0.3) is 0 Å². The Labute approximate surface area is 111 Å². The fraction of sp³-hybridized carbons (Fsp3) is 0.364. The number of alkyl halides is 1. The van der Waals surface area contributed by atoms with Crippen molar-refractivity contribution in [2.75, 3.05) is 24.4 Å². The van der Waals surface area contributed by atoms with Crippen LogP contribution in [0, 0.1) is 0 Å². The SMILES string of the molecule is CNS(=O)(=O)c1ccc2c(c1)CCN2C(=O)CCl. The van der Waals surface area contributed by atoms with E-state index in [0.717, 1.165) is 11.3 Å². The minimum absolute atomic E-state index is 0.0734. The Bertz CT molecular complexity index is 586. The maximum absolute atomic E-state index is 11.7. The molecule has 0 radical (unpaired) electrons. The minimum Gasteiger partial charge on any atom is -0.311 e. The molecule has 1 N–H and O–H groups in total. The zero-order valence-corrected chi connectivity index (χ0v) is 11.4. The highest BCUT2D eigenvalue weighted by Crippen LogP contribution is 2.30. The highest BCUT2D eigenvalue weighted by molar-refractivity contribution is 7.89. The molecule has 18 heavy (non-hydrogen) atoms. The van der Waals surface area contributed by atoms with Gasteiger partial charge < -0.3 is 4.90 Å². The predicted molar refractivity (Wildman–Crippen MR) is 69.5 cm³/mol. The molecule has 1 aromatic rings. The van der Waals surface area contributed by atoms with E-state index >= 15 is 0 Å². The van der Waals surface area contributed by atoms with Crippen LogP contribution >= 0.6 is 11.6 Å². The number of nitrogens with zero attached hydrogens (tertiary/aromatic N) is 1. The van der Waals surface area contributed by atoms with Gasteiger partial charge in [-0.2, -0.15) is 0 Å². The lowest BCUT2D eigenvalue weighted by Gasteiger charge is -2.15. The summed E-state index contributed by atoms with van der Waals surface area (Å²) >= 11 is 5.53. The van der Waals surface area contributed by atoms with Gasteiger partial charge in [0, 0.05) is 12.2 Å². The van der Waals surface area contributed by atoms with Crippen LogP contribution in [0.15, 0.2) is 23.1 Å². The first kappa shape index (κ1) is 13.3. The zero-order chi connectivity index (χ0) is 13.3. The van der Waals surface area contributed by atoms with Crippen LogP contribution in [0.3, 0.4) is 0 Å². The number of carbonyl (C=O) groups excluding carboxylic acids is 1. The van der Waals surface area contributed by atoms with Crippen molar-refractivity contribution in [1.82, 2.24) is 4.72 Å². The summed E-state index contributed by atoms with van der Waals surface area (Å²) in [5.41, 5.74) is 1.60. The van der Waals surface area contributed by atoms with Gasteiger partial charge in [0.25, 0.3) is 0 Å². The molecular weight excluding hydrogens is 276 g/mol. The normalized spacial score (nSPS) is 14.7. The smallest absolute Gasteiger partial charge is 0.241 e. The highest BCUT2D eigenvalue weighted by Gasteiger charge is 2.25. The van der Waals surface area contributed by atoms with E-state index in [1.54, 1.807) is 17.0 Å². The first-order valence-corrected chi connectivity index (χ1v) is 7.44. The molecule has 2 rings (SSSR count). The molecule has 1 heterocycles. The van der Waals surface area contributed by atoms with Gasteiger partial charge in [-0.3, -0.25) is 4.79 Å². The van der Waals surface area contributed by atoms with Gasteiger partial charge in [-0.1, -0.05) is 0 Å². The molecule has 0 spiro atoms. The summed E-state index contributed by atoms with van der Waals surface area (Å²) < 4.78 is 25.6. The number of halogens is 1. The van der Waals surface area contributed by atoms with E-state index in [0.29, 0.717) is 13.0 Å². The number of sulfonamides is 1. The molecule has 5 nitrogen and oxygen atoms in total. The second-order valence-corrected chi connectivity index (χ2v) is 6.08. The Hall–Kier alpha value is -1.11. The van der Waals surface area contributed by atoms with Crippen LogP contribution in [0.2, 0.25) is 0 Å². The van der Waals surface area contributed by atoms with Crippen LogP contribution in [-0.4, -0.2) is 33.8 Å². The summed E-state index contributed by atoms with van der Waals surface area (Å²) in [7, 11) is -2.08. The third-order valence-electron chi connectivity index (χ3n) is 2.94. The maximum atomic E-state index is 11.7. The third kappa shape index (κ3) is 2.23. The van der Waals surface area contributed by atoms with Crippen molar-refractivity contribution in [3.05, 3.63) is 23.8 Å². The molecule has 0 saturated carbocycles. The number of nitrogens with one attached hydrogen (secondary N) is 1. The van der Waals surface area contributed by atoms with Crippen molar-refractivity contribution in [2.45, 2.75) is 11.3 Å². The molecule has 1 aliphatic rings. The van der Waals surface area contributed by atoms with Gasteiger partial charge in [0.05, 0.1) is 4.90 Å². The van der Waals surface area contributed by atoms with Crippen LogP contribution in [-0.2, 0) is 21.2 Å². The van der Waals surface area contributed by atoms with Gasteiger partial charge in [0.1, 0.15) is 5.88 Å². The summed E-state index contributed by atoms with van der Waals surface area (Å²) in [6, 6.07) is 4.74. The maximum Gasteiger partial charge on any atom is 0.241 e. The molecule has 1 aliphatic heterocycles. The van der Waals surface area contributed by atoms with E-state index < -0.39 is 10.0 Å². The molecule has 0 saturated heterocycles. The number of carbonyl (C=O) groups is 1. The molecule has 0 atom stereocenters. The number of hydrogen-bond acceptors (Lipinski definition) is 3. The summed E-state index contributed by atoms with van der Waals surface area (Å²) in [4.78, 5) is 13.4. The van der Waals surface area contributed by atoms with Crippen molar-refractivity contribution in [2.24, 2.45) is 0 Å². The highest BCUT2D eigenvalue weighted by atomic mass is 35.5. The first-order chi connectivity index (χ1) is 8.49. The monoisotopic (exact) mass is 288 g/mol. The Morgan fingerprint density at radius 2 is 2.22 bits per heavy atom. The van der Waals surface area contributed by atoms with Gasteiger partial charge in [-0.05, 0) is 37.2 Å². The third-order valence-corrected chi connectivity index (χ3v) is 4.58. The Kier molecular flexibility index (Phi) is 3.61. The van der Waals surface area contributed by atoms with E-state index in [4.69, 9.17) is 11.6 Å². The Balaban J connectivity index is 2.40. The number of hydrogen-bond donors (Lipinski definition) is 1. The number of rotatable bonds is 3. The largest absolute Gasteiger partial charge is 0.311 e. The average Bonchev–Trinajstić information content (AvgIpc) is 2.80. The molecule has 1 amide bonds. The number of fused-ring (bicyclic) bond motifs is 1. The van der Waals surface area contributed by atoms with Gasteiger partial charge in [-0.15, -0.1) is 11.6 Å². The van der Waals surface area contributed by atoms with E-state index in [1.165, 1.54) is 13.1 Å². The van der Waals surface area contributed by atoms with Gasteiger partial charge in [0.2, 0.25) is 15.9 Å². The standard InChI is InChI=1S/C11H13ClN2O3S/c1-13-18(16,17)9-2-3-10-8(6-9)4-5-14(10)11(15)7-12/h2-3,6,13H,4-5,7H2,1H3. The van der Waals surface area contributed by atoms with Crippen LogP contribution < -0.4 is 9.62 Å². The summed E-state index contributed by atoms with van der Waals surface area (Å²) in [6.07, 6.45) is 0.644. The molecule has 0 bridgehead atoms. The predicted octanol–water partition coefficient (Wildman–Crippen LogP) is 0.723. The van der Waals surface area contributed by atoms with Crippen LogP contribution in [0.4, 0.5) is 5.69 Å². The lowest BCUT2D eigenvalue weighted by molar-refractivity contribution is -0.116. The fourth-order valence-electron chi connectivity index (χ4n) is 1.99. The van der Waals surface area contributed by atoms with Gasteiger partial charge in [0.15, 0.2) is 0 Å². The van der Waals surface area contributed by atoms with Crippen molar-refractivity contribution in [1.29, 1.82) is 0 Å². The number of benzene rings is 1.